The standard InChI is InChI=1S/C20H36O8/c1-11-7-13(22)8-19(3,4)20(11,26)6-5-12(2)27-10-15-17(24)18(25)16(23)14(9-21)28-15/h5-6,11-18,21-26H,7-10H2,1-4H3/b6-5+/t11-,12+,13+,14-,15+,16-,17+,18+,20-/m1/s1. The highest BCUT2D eigenvalue weighted by molar-refractivity contribution is 5.15. The van der Waals surface area contributed by atoms with Gasteiger partial charge in [-0.2, -0.15) is 0 Å². The van der Waals surface area contributed by atoms with E-state index >= 15 is 0 Å². The molecule has 28 heavy (non-hydrogen) atoms. The van der Waals surface area contributed by atoms with Crippen LogP contribution in [0.15, 0.2) is 12.2 Å². The summed E-state index contributed by atoms with van der Waals surface area (Å²) in [5.74, 6) is -0.125. The molecule has 2 rings (SSSR count). The summed E-state index contributed by atoms with van der Waals surface area (Å²) in [7, 11) is 0. The molecule has 0 bridgehead atoms. The zero-order valence-electron chi connectivity index (χ0n) is 17.1. The smallest absolute Gasteiger partial charge is 0.111 e. The van der Waals surface area contributed by atoms with E-state index in [0.717, 1.165) is 0 Å². The number of aliphatic hydroxyl groups is 6. The zero-order valence-corrected chi connectivity index (χ0v) is 17.1. The molecule has 0 aromatic heterocycles. The van der Waals surface area contributed by atoms with Crippen molar-refractivity contribution in [3.8, 4) is 0 Å². The predicted molar refractivity (Wildman–Crippen MR) is 101 cm³/mol. The van der Waals surface area contributed by atoms with Gasteiger partial charge < -0.3 is 40.1 Å². The average molecular weight is 405 g/mol. The van der Waals surface area contributed by atoms with Crippen molar-refractivity contribution in [3.05, 3.63) is 12.2 Å². The summed E-state index contributed by atoms with van der Waals surface area (Å²) in [6, 6.07) is 0. The molecule has 8 heteroatoms. The number of aliphatic hydroxyl groups excluding tert-OH is 5. The monoisotopic (exact) mass is 404 g/mol. The van der Waals surface area contributed by atoms with Gasteiger partial charge in [0.25, 0.3) is 0 Å². The first-order valence-corrected chi connectivity index (χ1v) is 9.95. The van der Waals surface area contributed by atoms with Crippen LogP contribution in [0.4, 0.5) is 0 Å². The second-order valence-electron chi connectivity index (χ2n) is 8.97. The van der Waals surface area contributed by atoms with Crippen molar-refractivity contribution >= 4 is 0 Å². The van der Waals surface area contributed by atoms with E-state index in [1.165, 1.54) is 0 Å². The predicted octanol–water partition coefficient (Wildman–Crippen LogP) is -0.662. The van der Waals surface area contributed by atoms with Crippen LogP contribution in [0.3, 0.4) is 0 Å². The Balaban J connectivity index is 1.97. The van der Waals surface area contributed by atoms with Gasteiger partial charge in [-0.15, -0.1) is 0 Å². The van der Waals surface area contributed by atoms with Gasteiger partial charge in [0.1, 0.15) is 30.5 Å². The molecule has 0 amide bonds. The lowest BCUT2D eigenvalue weighted by molar-refractivity contribution is -0.240. The van der Waals surface area contributed by atoms with E-state index < -0.39 is 60.4 Å². The Morgan fingerprint density at radius 1 is 1.11 bits per heavy atom. The van der Waals surface area contributed by atoms with Gasteiger partial charge in [0.2, 0.25) is 0 Å². The first-order valence-electron chi connectivity index (χ1n) is 9.95. The molecular weight excluding hydrogens is 368 g/mol. The van der Waals surface area contributed by atoms with Crippen molar-refractivity contribution in [2.24, 2.45) is 11.3 Å². The molecule has 6 N–H and O–H groups in total. The lowest BCUT2D eigenvalue weighted by Crippen LogP contribution is -2.59. The van der Waals surface area contributed by atoms with E-state index in [1.807, 2.05) is 20.8 Å². The van der Waals surface area contributed by atoms with Crippen LogP contribution in [0.2, 0.25) is 0 Å². The minimum Gasteiger partial charge on any atom is -0.394 e. The molecule has 0 aromatic carbocycles. The lowest BCUT2D eigenvalue weighted by atomic mass is 9.60. The van der Waals surface area contributed by atoms with E-state index in [-0.39, 0.29) is 12.5 Å². The van der Waals surface area contributed by atoms with Gasteiger partial charge in [0, 0.05) is 0 Å². The van der Waals surface area contributed by atoms with Crippen LogP contribution in [0, 0.1) is 11.3 Å². The lowest BCUT2D eigenvalue weighted by Gasteiger charge is -2.50. The second kappa shape index (κ2) is 9.06. The Hall–Kier alpha value is -0.580. The highest BCUT2D eigenvalue weighted by Gasteiger charge is 2.50. The van der Waals surface area contributed by atoms with E-state index in [0.29, 0.717) is 12.8 Å². The Morgan fingerprint density at radius 3 is 2.29 bits per heavy atom. The fraction of sp³-hybridized carbons (Fsp3) is 0.900. The van der Waals surface area contributed by atoms with Gasteiger partial charge in [-0.05, 0) is 31.1 Å². The SMILES string of the molecule is C[C@@H]1C[C@H](O)CC(C)(C)[C@@]1(O)/C=C/[C@H](C)OC[C@@H]1O[C@H](CO)[C@@H](O)[C@H](O)[C@H]1O. The van der Waals surface area contributed by atoms with Crippen LogP contribution in [0.5, 0.6) is 0 Å². The largest absolute Gasteiger partial charge is 0.394 e. The third-order valence-electron chi connectivity index (χ3n) is 6.34. The molecule has 0 spiro atoms. The molecule has 9 atom stereocenters. The highest BCUT2D eigenvalue weighted by atomic mass is 16.6. The Bertz CT molecular complexity index is 536. The number of rotatable bonds is 6. The molecule has 1 aliphatic carbocycles. The summed E-state index contributed by atoms with van der Waals surface area (Å²) in [6.45, 7) is 7.00. The molecule has 1 saturated heterocycles. The van der Waals surface area contributed by atoms with Crippen LogP contribution in [-0.4, -0.2) is 92.2 Å². The molecule has 2 fully saturated rings. The third kappa shape index (κ3) is 4.76. The molecule has 2 aliphatic rings. The van der Waals surface area contributed by atoms with E-state index in [4.69, 9.17) is 9.47 Å². The van der Waals surface area contributed by atoms with Crippen LogP contribution in [-0.2, 0) is 9.47 Å². The molecule has 1 aliphatic heterocycles. The average Bonchev–Trinajstić information content (AvgIpc) is 2.61. The molecule has 0 unspecified atom stereocenters. The fourth-order valence-corrected chi connectivity index (χ4v) is 4.38. The van der Waals surface area contributed by atoms with Crippen LogP contribution in [0.25, 0.3) is 0 Å². The molecule has 1 heterocycles. The topological polar surface area (TPSA) is 140 Å². The van der Waals surface area contributed by atoms with E-state index in [1.54, 1.807) is 19.1 Å². The van der Waals surface area contributed by atoms with E-state index in [2.05, 4.69) is 0 Å². The second-order valence-corrected chi connectivity index (χ2v) is 8.97. The minimum absolute atomic E-state index is 0.0525. The molecule has 0 aromatic rings. The van der Waals surface area contributed by atoms with Crippen LogP contribution in [0.1, 0.15) is 40.5 Å². The zero-order chi connectivity index (χ0) is 21.3. The van der Waals surface area contributed by atoms with Crippen molar-refractivity contribution in [1.29, 1.82) is 0 Å². The van der Waals surface area contributed by atoms with Gasteiger partial charge in [-0.3, -0.25) is 0 Å². The van der Waals surface area contributed by atoms with Gasteiger partial charge in [0.15, 0.2) is 0 Å². The van der Waals surface area contributed by atoms with E-state index in [9.17, 15) is 30.6 Å². The van der Waals surface area contributed by atoms with Crippen molar-refractivity contribution in [2.75, 3.05) is 13.2 Å². The summed E-state index contributed by atoms with van der Waals surface area (Å²) < 4.78 is 11.1. The first kappa shape index (κ1) is 23.7. The van der Waals surface area contributed by atoms with Crippen molar-refractivity contribution < 1.29 is 40.1 Å². The molecule has 164 valence electrons. The van der Waals surface area contributed by atoms with Gasteiger partial charge >= 0.3 is 0 Å². The fourth-order valence-electron chi connectivity index (χ4n) is 4.38. The minimum atomic E-state index is -1.43. The van der Waals surface area contributed by atoms with Crippen molar-refractivity contribution in [3.63, 3.8) is 0 Å². The molecular formula is C20H36O8. The van der Waals surface area contributed by atoms with Gasteiger partial charge in [-0.1, -0.05) is 32.9 Å². The molecule has 8 nitrogen and oxygen atoms in total. The van der Waals surface area contributed by atoms with Crippen LogP contribution < -0.4 is 0 Å². The summed E-state index contributed by atoms with van der Waals surface area (Å²) in [4.78, 5) is 0. The number of hydrogen-bond acceptors (Lipinski definition) is 8. The number of hydrogen-bond donors (Lipinski definition) is 6. The Labute approximate surface area is 166 Å². The van der Waals surface area contributed by atoms with Gasteiger partial charge in [0.05, 0.1) is 31.0 Å². The summed E-state index contributed by atoms with van der Waals surface area (Å²) in [6.07, 6.45) is -2.38. The maximum Gasteiger partial charge on any atom is 0.111 e. The maximum atomic E-state index is 11.2. The normalized spacial score (nSPS) is 45.3. The third-order valence-corrected chi connectivity index (χ3v) is 6.34. The van der Waals surface area contributed by atoms with Crippen molar-refractivity contribution in [1.82, 2.24) is 0 Å². The molecule has 1 saturated carbocycles. The first-order chi connectivity index (χ1) is 12.9. The summed E-state index contributed by atoms with van der Waals surface area (Å²) in [5.41, 5.74) is -1.59. The summed E-state index contributed by atoms with van der Waals surface area (Å²) >= 11 is 0. The highest BCUT2D eigenvalue weighted by Crippen LogP contribution is 2.48. The molecule has 0 radical (unpaired) electrons. The quantitative estimate of drug-likeness (QED) is 0.321. The number of ether oxygens (including phenoxy) is 2. The van der Waals surface area contributed by atoms with Gasteiger partial charge in [-0.25, -0.2) is 0 Å². The maximum absolute atomic E-state index is 11.2. The Kier molecular flexibility index (Phi) is 7.66. The van der Waals surface area contributed by atoms with Crippen LogP contribution >= 0.6 is 0 Å². The Morgan fingerprint density at radius 2 is 1.71 bits per heavy atom. The van der Waals surface area contributed by atoms with Crippen molar-refractivity contribution in [2.45, 2.75) is 88.9 Å². The summed E-state index contributed by atoms with van der Waals surface area (Å²) in [5, 5.41) is 60.2.